The molecule has 2 amide bonds. The first-order valence-corrected chi connectivity index (χ1v) is 8.14. The lowest BCUT2D eigenvalue weighted by atomic mass is 10.0. The van der Waals surface area contributed by atoms with Gasteiger partial charge in [-0.2, -0.15) is 0 Å². The van der Waals surface area contributed by atoms with Gasteiger partial charge in [-0.25, -0.2) is 4.79 Å². The second-order valence-corrected chi connectivity index (χ2v) is 6.76. The zero-order valence-electron chi connectivity index (χ0n) is 12.0. The Hall–Kier alpha value is -1.27. The normalized spacial score (nSPS) is 11.9. The van der Waals surface area contributed by atoms with Gasteiger partial charge in [-0.15, -0.1) is 11.3 Å². The highest BCUT2D eigenvalue weighted by atomic mass is 35.5. The van der Waals surface area contributed by atoms with E-state index in [4.69, 9.17) is 16.7 Å². The van der Waals surface area contributed by atoms with Crippen LogP contribution in [0.5, 0.6) is 0 Å². The van der Waals surface area contributed by atoms with E-state index in [0.29, 0.717) is 19.5 Å². The Morgan fingerprint density at radius 1 is 1.29 bits per heavy atom. The van der Waals surface area contributed by atoms with E-state index in [-0.39, 0.29) is 18.4 Å². The number of amides is 2. The molecule has 0 spiro atoms. The van der Waals surface area contributed by atoms with Crippen molar-refractivity contribution in [3.05, 3.63) is 21.3 Å². The van der Waals surface area contributed by atoms with Crippen LogP contribution in [0.1, 0.15) is 31.1 Å². The smallest absolute Gasteiger partial charge is 0.314 e. The van der Waals surface area contributed by atoms with Crippen LogP contribution < -0.4 is 10.6 Å². The van der Waals surface area contributed by atoms with Crippen molar-refractivity contribution in [2.24, 2.45) is 5.92 Å². The maximum atomic E-state index is 11.5. The summed E-state index contributed by atoms with van der Waals surface area (Å²) in [5.41, 5.74) is 0. The first-order chi connectivity index (χ1) is 9.97. The predicted octanol–water partition coefficient (Wildman–Crippen LogP) is 3.13. The lowest BCUT2D eigenvalue weighted by molar-refractivity contribution is -0.137. The third-order valence-electron chi connectivity index (χ3n) is 3.06. The summed E-state index contributed by atoms with van der Waals surface area (Å²) in [5.74, 6) is -0.490. The van der Waals surface area contributed by atoms with Crippen molar-refractivity contribution in [1.82, 2.24) is 10.6 Å². The third-order valence-corrected chi connectivity index (χ3v) is 4.35. The van der Waals surface area contributed by atoms with Crippen LogP contribution in [0.25, 0.3) is 0 Å². The fraction of sp³-hybridized carbons (Fsp3) is 0.571. The number of hydrogen-bond acceptors (Lipinski definition) is 3. The summed E-state index contributed by atoms with van der Waals surface area (Å²) in [7, 11) is 0. The number of carbonyl (C=O) groups is 2. The lowest BCUT2D eigenvalue weighted by Gasteiger charge is -2.11. The number of rotatable bonds is 9. The average Bonchev–Trinajstić information content (AvgIpc) is 2.82. The van der Waals surface area contributed by atoms with Crippen molar-refractivity contribution in [3.63, 3.8) is 0 Å². The Labute approximate surface area is 133 Å². The van der Waals surface area contributed by atoms with Gasteiger partial charge in [-0.3, -0.25) is 4.79 Å². The minimum atomic E-state index is -0.777. The number of carbonyl (C=O) groups excluding carboxylic acids is 1. The molecule has 1 unspecified atom stereocenters. The predicted molar refractivity (Wildman–Crippen MR) is 85.1 cm³/mol. The summed E-state index contributed by atoms with van der Waals surface area (Å²) in [6.45, 7) is 3.11. The van der Waals surface area contributed by atoms with E-state index in [9.17, 15) is 9.59 Å². The second-order valence-electron chi connectivity index (χ2n) is 4.96. The molecule has 0 aliphatic carbocycles. The molecule has 1 rings (SSSR count). The fourth-order valence-electron chi connectivity index (χ4n) is 1.79. The Kier molecular flexibility index (Phi) is 8.15. The van der Waals surface area contributed by atoms with Crippen LogP contribution >= 0.6 is 22.9 Å². The van der Waals surface area contributed by atoms with Crippen LogP contribution in [0.15, 0.2) is 12.1 Å². The number of aliphatic carboxylic acids is 1. The van der Waals surface area contributed by atoms with Gasteiger partial charge in [0.1, 0.15) is 0 Å². The molecule has 1 atom stereocenters. The summed E-state index contributed by atoms with van der Waals surface area (Å²) < 4.78 is 0.754. The molecule has 0 saturated carbocycles. The number of carboxylic acids is 1. The lowest BCUT2D eigenvalue weighted by Crippen LogP contribution is -2.37. The maximum absolute atomic E-state index is 11.5. The van der Waals surface area contributed by atoms with E-state index in [1.165, 1.54) is 11.3 Å². The quantitative estimate of drug-likeness (QED) is 0.650. The zero-order chi connectivity index (χ0) is 15.7. The molecule has 0 fully saturated rings. The van der Waals surface area contributed by atoms with Crippen molar-refractivity contribution >= 4 is 34.9 Å². The SMILES string of the molecule is CC(CCNC(=O)NCCc1ccc(Cl)s1)CCC(=O)O. The van der Waals surface area contributed by atoms with Crippen molar-refractivity contribution < 1.29 is 14.7 Å². The molecule has 3 N–H and O–H groups in total. The standard InChI is InChI=1S/C14H21ClN2O3S/c1-10(2-5-13(18)19)6-8-16-14(20)17-9-7-11-3-4-12(15)21-11/h3-4,10H,2,5-9H2,1H3,(H,18,19)(H2,16,17,20). The van der Waals surface area contributed by atoms with Crippen molar-refractivity contribution in [2.75, 3.05) is 13.1 Å². The highest BCUT2D eigenvalue weighted by Crippen LogP contribution is 2.21. The average molecular weight is 333 g/mol. The van der Waals surface area contributed by atoms with E-state index in [1.54, 1.807) is 0 Å². The molecule has 1 aromatic heterocycles. The first-order valence-electron chi connectivity index (χ1n) is 6.95. The fourth-order valence-corrected chi connectivity index (χ4v) is 2.88. The van der Waals surface area contributed by atoms with Crippen LogP contribution in [-0.4, -0.2) is 30.2 Å². The summed E-state index contributed by atoms with van der Waals surface area (Å²) in [6, 6.07) is 3.61. The van der Waals surface area contributed by atoms with Gasteiger partial charge in [-0.1, -0.05) is 18.5 Å². The largest absolute Gasteiger partial charge is 0.481 e. The minimum absolute atomic E-state index is 0.177. The van der Waals surface area contributed by atoms with E-state index in [2.05, 4.69) is 10.6 Å². The van der Waals surface area contributed by atoms with Gasteiger partial charge in [0, 0.05) is 24.4 Å². The van der Waals surface area contributed by atoms with E-state index in [0.717, 1.165) is 22.1 Å². The molecule has 7 heteroatoms. The molecule has 21 heavy (non-hydrogen) atoms. The monoisotopic (exact) mass is 332 g/mol. The van der Waals surface area contributed by atoms with Crippen LogP contribution in [0.4, 0.5) is 4.79 Å². The third kappa shape index (κ3) is 8.57. The van der Waals surface area contributed by atoms with Crippen LogP contribution in [0.2, 0.25) is 4.34 Å². The Morgan fingerprint density at radius 2 is 2.00 bits per heavy atom. The van der Waals surface area contributed by atoms with Gasteiger partial charge < -0.3 is 15.7 Å². The molecule has 1 heterocycles. The van der Waals surface area contributed by atoms with Gasteiger partial charge in [0.05, 0.1) is 4.34 Å². The first kappa shape index (κ1) is 17.8. The molecule has 118 valence electrons. The number of hydrogen-bond donors (Lipinski definition) is 3. The summed E-state index contributed by atoms with van der Waals surface area (Å²) in [6.07, 6.45) is 2.36. The van der Waals surface area contributed by atoms with E-state index >= 15 is 0 Å². The number of halogens is 1. The van der Waals surface area contributed by atoms with Gasteiger partial charge >= 0.3 is 12.0 Å². The van der Waals surface area contributed by atoms with Gasteiger partial charge in [-0.05, 0) is 37.3 Å². The van der Waals surface area contributed by atoms with Gasteiger partial charge in [0.25, 0.3) is 0 Å². The molecular weight excluding hydrogens is 312 g/mol. The van der Waals surface area contributed by atoms with E-state index < -0.39 is 5.97 Å². The molecule has 0 aliphatic heterocycles. The van der Waals surface area contributed by atoms with Crippen LogP contribution in [-0.2, 0) is 11.2 Å². The second kappa shape index (κ2) is 9.63. The Bertz CT molecular complexity index is 465. The maximum Gasteiger partial charge on any atom is 0.314 e. The number of carboxylic acid groups (broad SMARTS) is 1. The number of thiophene rings is 1. The number of urea groups is 1. The molecule has 0 bridgehead atoms. The molecule has 5 nitrogen and oxygen atoms in total. The summed E-state index contributed by atoms with van der Waals surface area (Å²) in [4.78, 5) is 23.1. The van der Waals surface area contributed by atoms with Crippen molar-refractivity contribution in [3.8, 4) is 0 Å². The molecular formula is C14H21ClN2O3S. The minimum Gasteiger partial charge on any atom is -0.481 e. The molecule has 0 aliphatic rings. The molecule has 0 saturated heterocycles. The van der Waals surface area contributed by atoms with E-state index in [1.807, 2.05) is 19.1 Å². The van der Waals surface area contributed by atoms with Crippen LogP contribution in [0.3, 0.4) is 0 Å². The Balaban J connectivity index is 2.04. The zero-order valence-corrected chi connectivity index (χ0v) is 13.6. The highest BCUT2D eigenvalue weighted by molar-refractivity contribution is 7.16. The highest BCUT2D eigenvalue weighted by Gasteiger charge is 2.06. The molecule has 0 aromatic carbocycles. The molecule has 1 aromatic rings. The summed E-state index contributed by atoms with van der Waals surface area (Å²) in [5, 5.41) is 14.1. The van der Waals surface area contributed by atoms with Crippen molar-refractivity contribution in [2.45, 2.75) is 32.6 Å². The molecule has 0 radical (unpaired) electrons. The summed E-state index contributed by atoms with van der Waals surface area (Å²) >= 11 is 7.34. The van der Waals surface area contributed by atoms with Crippen LogP contribution in [0, 0.1) is 5.92 Å². The number of nitrogens with one attached hydrogen (secondary N) is 2. The van der Waals surface area contributed by atoms with Gasteiger partial charge in [0.15, 0.2) is 0 Å². The van der Waals surface area contributed by atoms with Gasteiger partial charge in [0.2, 0.25) is 0 Å². The Morgan fingerprint density at radius 3 is 2.62 bits per heavy atom. The topological polar surface area (TPSA) is 78.4 Å². The van der Waals surface area contributed by atoms with Crippen molar-refractivity contribution in [1.29, 1.82) is 0 Å².